The van der Waals surface area contributed by atoms with Crippen molar-refractivity contribution in [2.75, 3.05) is 30.0 Å². The molecule has 0 aliphatic carbocycles. The number of rotatable bonds is 6. The predicted molar refractivity (Wildman–Crippen MR) is 84.2 cm³/mol. The first-order valence-electron chi connectivity index (χ1n) is 7.22. The van der Waals surface area contributed by atoms with Gasteiger partial charge in [-0.2, -0.15) is 11.8 Å². The Morgan fingerprint density at radius 1 is 1.32 bits per heavy atom. The molecule has 1 saturated heterocycles. The molecule has 106 valence electrons. The highest BCUT2D eigenvalue weighted by Gasteiger charge is 2.15. The van der Waals surface area contributed by atoms with Gasteiger partial charge < -0.3 is 10.6 Å². The molecule has 1 fully saturated rings. The molecule has 0 amide bonds. The number of anilines is 2. The van der Waals surface area contributed by atoms with Crippen LogP contribution < -0.4 is 10.6 Å². The number of thioether (sulfide) groups is 1. The topological polar surface area (TPSA) is 49.8 Å². The number of hydrogen-bond donors (Lipinski definition) is 2. The van der Waals surface area contributed by atoms with Crippen molar-refractivity contribution in [3.05, 3.63) is 11.9 Å². The summed E-state index contributed by atoms with van der Waals surface area (Å²) in [6.07, 6.45) is 7.82. The van der Waals surface area contributed by atoms with Gasteiger partial charge in [-0.25, -0.2) is 9.97 Å². The van der Waals surface area contributed by atoms with E-state index in [4.69, 9.17) is 0 Å². The van der Waals surface area contributed by atoms with Gasteiger partial charge in [-0.3, -0.25) is 0 Å². The summed E-state index contributed by atoms with van der Waals surface area (Å²) in [5.41, 5.74) is 1.22. The molecule has 0 saturated carbocycles. The maximum atomic E-state index is 4.42. The van der Waals surface area contributed by atoms with E-state index in [9.17, 15) is 0 Å². The average Bonchev–Trinajstić information content (AvgIpc) is 2.47. The van der Waals surface area contributed by atoms with E-state index in [1.807, 2.05) is 7.05 Å². The Labute approximate surface area is 120 Å². The molecular formula is C14H24N4S. The Kier molecular flexibility index (Phi) is 5.76. The van der Waals surface area contributed by atoms with Gasteiger partial charge in [-0.15, -0.1) is 0 Å². The molecule has 1 aliphatic rings. The van der Waals surface area contributed by atoms with Gasteiger partial charge in [-0.1, -0.05) is 19.8 Å². The first kappa shape index (κ1) is 14.4. The quantitative estimate of drug-likeness (QED) is 0.838. The maximum Gasteiger partial charge on any atom is 0.134 e. The van der Waals surface area contributed by atoms with Crippen molar-refractivity contribution in [3.63, 3.8) is 0 Å². The van der Waals surface area contributed by atoms with Crippen molar-refractivity contribution >= 4 is 23.4 Å². The lowest BCUT2D eigenvalue weighted by Gasteiger charge is -2.22. The molecule has 1 atom stereocenters. The van der Waals surface area contributed by atoms with E-state index >= 15 is 0 Å². The molecule has 5 heteroatoms. The van der Waals surface area contributed by atoms with Crippen LogP contribution in [0, 0.1) is 0 Å². The third-order valence-corrected chi connectivity index (χ3v) is 4.85. The summed E-state index contributed by atoms with van der Waals surface area (Å²) < 4.78 is 0. The van der Waals surface area contributed by atoms with Crippen molar-refractivity contribution in [2.24, 2.45) is 0 Å². The van der Waals surface area contributed by atoms with Crippen LogP contribution >= 0.6 is 11.8 Å². The zero-order valence-electron chi connectivity index (χ0n) is 11.9. The molecule has 1 aromatic heterocycles. The summed E-state index contributed by atoms with van der Waals surface area (Å²) in [6.45, 7) is 3.20. The summed E-state index contributed by atoms with van der Waals surface area (Å²) in [5, 5.41) is 7.43. The minimum atomic E-state index is 0.733. The Morgan fingerprint density at radius 2 is 2.16 bits per heavy atom. The van der Waals surface area contributed by atoms with Crippen LogP contribution in [0.25, 0.3) is 0 Å². The van der Waals surface area contributed by atoms with Crippen LogP contribution in [0.5, 0.6) is 0 Å². The van der Waals surface area contributed by atoms with E-state index in [1.165, 1.54) is 30.6 Å². The summed E-state index contributed by atoms with van der Waals surface area (Å²) in [5.74, 6) is 3.27. The van der Waals surface area contributed by atoms with E-state index < -0.39 is 0 Å². The van der Waals surface area contributed by atoms with Gasteiger partial charge in [0, 0.05) is 24.4 Å². The van der Waals surface area contributed by atoms with Gasteiger partial charge in [0.25, 0.3) is 0 Å². The lowest BCUT2D eigenvalue weighted by molar-refractivity contribution is 0.676. The number of nitrogens with zero attached hydrogens (tertiary/aromatic N) is 2. The van der Waals surface area contributed by atoms with Crippen molar-refractivity contribution in [1.29, 1.82) is 0 Å². The van der Waals surface area contributed by atoms with Gasteiger partial charge >= 0.3 is 0 Å². The third kappa shape index (κ3) is 4.00. The third-order valence-electron chi connectivity index (χ3n) is 3.45. The second kappa shape index (κ2) is 7.58. The molecule has 0 radical (unpaired) electrons. The lowest BCUT2D eigenvalue weighted by atomic mass is 10.1. The van der Waals surface area contributed by atoms with E-state index in [0.29, 0.717) is 0 Å². The lowest BCUT2D eigenvalue weighted by Crippen LogP contribution is -2.21. The fraction of sp³-hybridized carbons (Fsp3) is 0.714. The van der Waals surface area contributed by atoms with Gasteiger partial charge in [0.2, 0.25) is 0 Å². The van der Waals surface area contributed by atoms with Crippen LogP contribution in [0.2, 0.25) is 0 Å². The van der Waals surface area contributed by atoms with Crippen LogP contribution in [0.4, 0.5) is 11.6 Å². The number of aromatic nitrogens is 2. The fourth-order valence-electron chi connectivity index (χ4n) is 2.45. The highest BCUT2D eigenvalue weighted by atomic mass is 32.2. The molecule has 1 unspecified atom stereocenters. The summed E-state index contributed by atoms with van der Waals surface area (Å²) in [6, 6.07) is 0. The minimum absolute atomic E-state index is 0.733. The Balaban J connectivity index is 2.01. The van der Waals surface area contributed by atoms with Crippen molar-refractivity contribution in [3.8, 4) is 0 Å². The largest absolute Gasteiger partial charge is 0.373 e. The van der Waals surface area contributed by atoms with Crippen molar-refractivity contribution < 1.29 is 0 Å². The molecule has 0 aromatic carbocycles. The highest BCUT2D eigenvalue weighted by Crippen LogP contribution is 2.26. The minimum Gasteiger partial charge on any atom is -0.373 e. The molecule has 1 aromatic rings. The van der Waals surface area contributed by atoms with Gasteiger partial charge in [0.05, 0.1) is 0 Å². The smallest absolute Gasteiger partial charge is 0.134 e. The molecule has 2 rings (SSSR count). The fourth-order valence-corrected chi connectivity index (χ4v) is 3.68. The molecule has 4 nitrogen and oxygen atoms in total. The van der Waals surface area contributed by atoms with E-state index in [1.54, 1.807) is 6.33 Å². The Morgan fingerprint density at radius 3 is 2.84 bits per heavy atom. The average molecular weight is 280 g/mol. The van der Waals surface area contributed by atoms with Crippen molar-refractivity contribution in [1.82, 2.24) is 9.97 Å². The van der Waals surface area contributed by atoms with Crippen LogP contribution in [0.3, 0.4) is 0 Å². The Bertz CT molecular complexity index is 391. The second-order valence-corrected chi connectivity index (χ2v) is 6.33. The highest BCUT2D eigenvalue weighted by molar-refractivity contribution is 7.99. The maximum absolute atomic E-state index is 4.42. The van der Waals surface area contributed by atoms with Crippen LogP contribution in [0.1, 0.15) is 38.2 Å². The number of nitrogens with one attached hydrogen (secondary N) is 2. The molecule has 2 heterocycles. The van der Waals surface area contributed by atoms with E-state index in [-0.39, 0.29) is 0 Å². The first-order chi connectivity index (χ1) is 9.35. The summed E-state index contributed by atoms with van der Waals surface area (Å²) in [4.78, 5) is 8.72. The SMILES string of the molecule is CCCc1c(NC)ncnc1NCC1CCCCS1. The summed E-state index contributed by atoms with van der Waals surface area (Å²) in [7, 11) is 1.92. The Hall–Kier alpha value is -0.970. The zero-order chi connectivity index (χ0) is 13.5. The standard InChI is InChI=1S/C14H24N4S/c1-3-6-12-13(15-2)17-10-18-14(12)16-9-11-7-4-5-8-19-11/h10-11H,3-9H2,1-2H3,(H2,15,16,17,18). The molecule has 0 bridgehead atoms. The molecular weight excluding hydrogens is 256 g/mol. The van der Waals surface area contributed by atoms with Gasteiger partial charge in [0.15, 0.2) is 0 Å². The van der Waals surface area contributed by atoms with E-state index in [0.717, 1.165) is 36.3 Å². The predicted octanol–water partition coefficient (Wildman–Crippen LogP) is 3.17. The number of hydrogen-bond acceptors (Lipinski definition) is 5. The second-order valence-electron chi connectivity index (χ2n) is 4.92. The molecule has 2 N–H and O–H groups in total. The van der Waals surface area contributed by atoms with Crippen LogP contribution in [0.15, 0.2) is 6.33 Å². The normalized spacial score (nSPS) is 19.2. The molecule has 0 spiro atoms. The van der Waals surface area contributed by atoms with Crippen LogP contribution in [-0.2, 0) is 6.42 Å². The zero-order valence-corrected chi connectivity index (χ0v) is 12.7. The first-order valence-corrected chi connectivity index (χ1v) is 8.27. The summed E-state index contributed by atoms with van der Waals surface area (Å²) >= 11 is 2.09. The van der Waals surface area contributed by atoms with Gasteiger partial charge in [-0.05, 0) is 25.0 Å². The van der Waals surface area contributed by atoms with Gasteiger partial charge in [0.1, 0.15) is 18.0 Å². The monoisotopic (exact) mass is 280 g/mol. The molecule has 19 heavy (non-hydrogen) atoms. The molecule has 1 aliphatic heterocycles. The van der Waals surface area contributed by atoms with E-state index in [2.05, 4.69) is 39.3 Å². The van der Waals surface area contributed by atoms with Crippen LogP contribution in [-0.4, -0.2) is 34.6 Å². The van der Waals surface area contributed by atoms with Crippen molar-refractivity contribution in [2.45, 2.75) is 44.3 Å².